The Morgan fingerprint density at radius 2 is 2.04 bits per heavy atom. The van der Waals surface area contributed by atoms with Crippen molar-refractivity contribution in [2.75, 3.05) is 0 Å². The molecule has 1 saturated carbocycles. The topological polar surface area (TPSA) is 44.1 Å². The number of aryl methyl sites for hydroxylation is 1. The van der Waals surface area contributed by atoms with Crippen LogP contribution in [0.1, 0.15) is 41.2 Å². The quantitative estimate of drug-likeness (QED) is 0.812. The molecule has 1 aromatic heterocycles. The fourth-order valence-electron chi connectivity index (χ4n) is 3.14. The number of rotatable bonds is 3. The average molecular weight is 320 g/mol. The molecule has 6 heteroatoms. The first-order valence-corrected chi connectivity index (χ1v) is 7.61. The van der Waals surface area contributed by atoms with Gasteiger partial charge in [-0.3, -0.25) is 4.68 Å². The Balaban J connectivity index is 1.87. The van der Waals surface area contributed by atoms with Crippen LogP contribution in [0.3, 0.4) is 0 Å². The van der Waals surface area contributed by atoms with E-state index in [1.807, 2.05) is 0 Å². The molecule has 1 aliphatic carbocycles. The highest BCUT2D eigenvalue weighted by Crippen LogP contribution is 2.46. The van der Waals surface area contributed by atoms with Gasteiger partial charge in [-0.15, -0.1) is 0 Å². The second-order valence-corrected chi connectivity index (χ2v) is 5.82. The summed E-state index contributed by atoms with van der Waals surface area (Å²) < 4.78 is 35.8. The molecule has 0 amide bonds. The van der Waals surface area contributed by atoms with E-state index in [1.54, 1.807) is 43.4 Å². The minimum atomic E-state index is -2.92. The molecule has 2 aromatic rings. The molecule has 1 fully saturated rings. The van der Waals surface area contributed by atoms with Crippen molar-refractivity contribution in [3.63, 3.8) is 0 Å². The summed E-state index contributed by atoms with van der Waals surface area (Å²) in [6, 6.07) is 10.00. The van der Waals surface area contributed by atoms with Gasteiger partial charge in [0.2, 0.25) is 0 Å². The van der Waals surface area contributed by atoms with Crippen LogP contribution in [-0.4, -0.2) is 27.8 Å². The lowest BCUT2D eigenvalue weighted by atomic mass is 9.80. The van der Waals surface area contributed by atoms with E-state index in [1.165, 1.54) is 10.9 Å². The number of hydrogen-bond donors (Lipinski definition) is 0. The summed E-state index contributed by atoms with van der Waals surface area (Å²) >= 11 is 0. The van der Waals surface area contributed by atoms with E-state index < -0.39 is 23.9 Å². The zero-order valence-corrected chi connectivity index (χ0v) is 12.8. The van der Waals surface area contributed by atoms with Gasteiger partial charge in [0, 0.05) is 19.7 Å². The van der Waals surface area contributed by atoms with Crippen LogP contribution in [0, 0.1) is 0 Å². The van der Waals surface area contributed by atoms with Gasteiger partial charge in [0.15, 0.2) is 0 Å². The number of benzene rings is 1. The third kappa shape index (κ3) is 3.11. The zero-order valence-electron chi connectivity index (χ0n) is 12.8. The molecule has 4 nitrogen and oxygen atoms in total. The number of halogens is 2. The van der Waals surface area contributed by atoms with Crippen molar-refractivity contribution in [2.45, 2.75) is 37.2 Å². The summed E-state index contributed by atoms with van der Waals surface area (Å²) in [6.07, 6.45) is 1.16. The molecule has 0 radical (unpaired) electrons. The molecule has 23 heavy (non-hydrogen) atoms. The van der Waals surface area contributed by atoms with Crippen LogP contribution in [0.4, 0.5) is 8.78 Å². The van der Waals surface area contributed by atoms with Crippen molar-refractivity contribution in [1.82, 2.24) is 9.78 Å². The van der Waals surface area contributed by atoms with Crippen molar-refractivity contribution in [3.05, 3.63) is 53.9 Å². The first-order chi connectivity index (χ1) is 11.0. The Hall–Kier alpha value is -2.24. The number of carbonyl (C=O) groups excluding carboxylic acids is 1. The molecule has 122 valence electrons. The molecule has 1 aliphatic rings. The normalized spacial score (nSPS) is 23.4. The van der Waals surface area contributed by atoms with Crippen LogP contribution in [0.5, 0.6) is 0 Å². The molecule has 0 spiro atoms. The highest BCUT2D eigenvalue weighted by atomic mass is 19.3. The van der Waals surface area contributed by atoms with Crippen LogP contribution < -0.4 is 0 Å². The van der Waals surface area contributed by atoms with Crippen LogP contribution in [0.2, 0.25) is 0 Å². The summed E-state index contributed by atoms with van der Waals surface area (Å²) in [5, 5.41) is 3.97. The van der Waals surface area contributed by atoms with Gasteiger partial charge in [-0.05, 0) is 31.0 Å². The lowest BCUT2D eigenvalue weighted by Gasteiger charge is -2.37. The molecular formula is C17H18F2N2O2. The van der Waals surface area contributed by atoms with E-state index in [4.69, 9.17) is 4.74 Å². The molecule has 2 atom stereocenters. The van der Waals surface area contributed by atoms with Crippen LogP contribution in [0.25, 0.3) is 0 Å². The predicted molar refractivity (Wildman–Crippen MR) is 80.4 cm³/mol. The molecule has 0 N–H and O–H groups in total. The molecule has 0 bridgehead atoms. The second-order valence-electron chi connectivity index (χ2n) is 5.82. The summed E-state index contributed by atoms with van der Waals surface area (Å²) in [7, 11) is 1.62. The number of hydrogen-bond acceptors (Lipinski definition) is 3. The lowest BCUT2D eigenvalue weighted by Crippen LogP contribution is -2.42. The number of nitrogens with zero attached hydrogens (tertiary/aromatic N) is 2. The number of esters is 1. The average Bonchev–Trinajstić information content (AvgIpc) is 2.93. The van der Waals surface area contributed by atoms with Crippen molar-refractivity contribution in [1.29, 1.82) is 0 Å². The number of alkyl halides is 2. The predicted octanol–water partition coefficient (Wildman–Crippen LogP) is 3.55. The highest BCUT2D eigenvalue weighted by Gasteiger charge is 2.50. The Bertz CT molecular complexity index is 685. The van der Waals surface area contributed by atoms with E-state index >= 15 is 0 Å². The van der Waals surface area contributed by atoms with Gasteiger partial charge in [-0.1, -0.05) is 18.2 Å². The molecule has 0 aliphatic heterocycles. The van der Waals surface area contributed by atoms with Crippen LogP contribution in [0.15, 0.2) is 42.6 Å². The van der Waals surface area contributed by atoms with Crippen molar-refractivity contribution in [2.24, 2.45) is 7.05 Å². The zero-order chi connectivity index (χ0) is 16.4. The Morgan fingerprint density at radius 1 is 1.30 bits per heavy atom. The molecule has 0 saturated heterocycles. The smallest absolute Gasteiger partial charge is 0.338 e. The van der Waals surface area contributed by atoms with Gasteiger partial charge in [0.05, 0.1) is 11.3 Å². The van der Waals surface area contributed by atoms with E-state index in [0.717, 1.165) is 0 Å². The summed E-state index contributed by atoms with van der Waals surface area (Å²) in [5.74, 6) is -4.66. The molecule has 1 aromatic carbocycles. The van der Waals surface area contributed by atoms with E-state index in [-0.39, 0.29) is 6.42 Å². The van der Waals surface area contributed by atoms with Gasteiger partial charge in [0.1, 0.15) is 12.0 Å². The number of carbonyl (C=O) groups is 1. The van der Waals surface area contributed by atoms with Crippen LogP contribution in [-0.2, 0) is 11.8 Å². The maximum Gasteiger partial charge on any atom is 0.338 e. The van der Waals surface area contributed by atoms with Crippen LogP contribution >= 0.6 is 0 Å². The Kier molecular flexibility index (Phi) is 4.15. The van der Waals surface area contributed by atoms with Crippen molar-refractivity contribution in [3.8, 4) is 0 Å². The van der Waals surface area contributed by atoms with Gasteiger partial charge in [0.25, 0.3) is 5.92 Å². The third-order valence-electron chi connectivity index (χ3n) is 4.27. The number of aromatic nitrogens is 2. The summed E-state index contributed by atoms with van der Waals surface area (Å²) in [5.41, 5.74) is 0.755. The van der Waals surface area contributed by atoms with Gasteiger partial charge >= 0.3 is 5.97 Å². The highest BCUT2D eigenvalue weighted by molar-refractivity contribution is 5.89. The maximum atomic E-state index is 14.5. The minimum absolute atomic E-state index is 0.206. The Morgan fingerprint density at radius 3 is 2.70 bits per heavy atom. The van der Waals surface area contributed by atoms with E-state index in [2.05, 4.69) is 5.10 Å². The SMILES string of the molecule is Cn1nccc1C1C(OC(=O)c2ccccc2)CCCC1(F)F. The molecule has 2 unspecified atom stereocenters. The fraction of sp³-hybridized carbons (Fsp3) is 0.412. The first kappa shape index (κ1) is 15.6. The fourth-order valence-corrected chi connectivity index (χ4v) is 3.14. The minimum Gasteiger partial charge on any atom is -0.458 e. The third-order valence-corrected chi connectivity index (χ3v) is 4.27. The van der Waals surface area contributed by atoms with Crippen molar-refractivity contribution >= 4 is 5.97 Å². The molecule has 3 rings (SSSR count). The van der Waals surface area contributed by atoms with E-state index in [0.29, 0.717) is 24.1 Å². The van der Waals surface area contributed by atoms with Crippen molar-refractivity contribution < 1.29 is 18.3 Å². The van der Waals surface area contributed by atoms with Gasteiger partial charge in [-0.2, -0.15) is 5.10 Å². The van der Waals surface area contributed by atoms with E-state index in [9.17, 15) is 13.6 Å². The largest absolute Gasteiger partial charge is 0.458 e. The maximum absolute atomic E-state index is 14.5. The monoisotopic (exact) mass is 320 g/mol. The first-order valence-electron chi connectivity index (χ1n) is 7.61. The lowest BCUT2D eigenvalue weighted by molar-refractivity contribution is -0.106. The summed E-state index contributed by atoms with van der Waals surface area (Å²) in [6.45, 7) is 0. The second kappa shape index (κ2) is 6.10. The Labute approximate surface area is 133 Å². The van der Waals surface area contributed by atoms with Gasteiger partial charge < -0.3 is 4.74 Å². The summed E-state index contributed by atoms with van der Waals surface area (Å²) in [4.78, 5) is 12.2. The van der Waals surface area contributed by atoms with Gasteiger partial charge in [-0.25, -0.2) is 13.6 Å². The molecular weight excluding hydrogens is 302 g/mol. The standard InChI is InChI=1S/C17H18F2N2O2/c1-21-13(9-11-20-21)15-14(8-5-10-17(15,18)19)23-16(22)12-6-3-2-4-7-12/h2-4,6-7,9,11,14-15H,5,8,10H2,1H3. The number of ether oxygens (including phenoxy) is 1. The molecule has 1 heterocycles.